The number of hydrogen-bond donors (Lipinski definition) is 0. The predicted molar refractivity (Wildman–Crippen MR) is 54.3 cm³/mol. The van der Waals surface area contributed by atoms with Crippen LogP contribution in [0.4, 0.5) is 0 Å². The van der Waals surface area contributed by atoms with E-state index < -0.39 is 0 Å². The lowest BCUT2D eigenvalue weighted by Gasteiger charge is -1.94. The molecule has 1 aromatic heterocycles. The number of unbranched alkanes of at least 4 members (excludes halogenated alkanes) is 2. The minimum Gasteiger partial charge on any atom is -1.00 e. The molecule has 0 atom stereocenters. The highest BCUT2D eigenvalue weighted by atomic mass is 79.9. The van der Waals surface area contributed by atoms with Crippen molar-refractivity contribution >= 4 is 0 Å². The summed E-state index contributed by atoms with van der Waals surface area (Å²) < 4.78 is 4.37. The molecule has 14 heavy (non-hydrogen) atoms. The number of aromatic nitrogens is 2. The van der Waals surface area contributed by atoms with Crippen LogP contribution in [0.25, 0.3) is 0 Å². The quantitative estimate of drug-likeness (QED) is 0.358. The van der Waals surface area contributed by atoms with E-state index >= 15 is 0 Å². The lowest BCUT2D eigenvalue weighted by Crippen LogP contribution is -3.00. The summed E-state index contributed by atoms with van der Waals surface area (Å²) in [4.78, 5) is 0. The van der Waals surface area contributed by atoms with E-state index in [0.29, 0.717) is 0 Å². The van der Waals surface area contributed by atoms with Gasteiger partial charge in [-0.3, -0.25) is 0 Å². The molecular formula is C11H19BrN2. The Bertz CT molecular complexity index is 256. The van der Waals surface area contributed by atoms with Crippen molar-refractivity contribution in [1.82, 2.24) is 4.57 Å². The highest BCUT2D eigenvalue weighted by Crippen LogP contribution is 1.93. The smallest absolute Gasteiger partial charge is 0.244 e. The molecular weight excluding hydrogens is 240 g/mol. The maximum absolute atomic E-state index is 3.71. The van der Waals surface area contributed by atoms with Gasteiger partial charge >= 0.3 is 0 Å². The van der Waals surface area contributed by atoms with Crippen LogP contribution in [0.15, 0.2) is 31.4 Å². The molecule has 0 unspecified atom stereocenters. The van der Waals surface area contributed by atoms with Gasteiger partial charge in [-0.25, -0.2) is 9.13 Å². The fourth-order valence-electron chi connectivity index (χ4n) is 1.37. The normalized spacial score (nSPS) is 9.50. The highest BCUT2D eigenvalue weighted by Gasteiger charge is 2.00. The molecule has 0 spiro atoms. The van der Waals surface area contributed by atoms with Gasteiger partial charge in [0.05, 0.1) is 6.54 Å². The van der Waals surface area contributed by atoms with Gasteiger partial charge in [0.25, 0.3) is 0 Å². The van der Waals surface area contributed by atoms with Crippen LogP contribution in [0.3, 0.4) is 0 Å². The van der Waals surface area contributed by atoms with Gasteiger partial charge in [0.15, 0.2) is 0 Å². The molecule has 0 aliphatic carbocycles. The summed E-state index contributed by atoms with van der Waals surface area (Å²) in [5, 5.41) is 0. The van der Waals surface area contributed by atoms with E-state index in [9.17, 15) is 0 Å². The van der Waals surface area contributed by atoms with Crippen molar-refractivity contribution in [3.8, 4) is 0 Å². The Morgan fingerprint density at radius 1 is 1.43 bits per heavy atom. The van der Waals surface area contributed by atoms with Crippen LogP contribution < -0.4 is 21.5 Å². The maximum Gasteiger partial charge on any atom is 0.244 e. The standard InChI is InChI=1S/C11H19N2.BrH/c1-3-5-6-8-13-10-9-12(11-13)7-4-2;/h4,9-11H,2-3,5-8H2,1H3;1H/q+1;/p-1. The van der Waals surface area contributed by atoms with Gasteiger partial charge in [-0.15, -0.1) is 0 Å². The van der Waals surface area contributed by atoms with Gasteiger partial charge in [-0.1, -0.05) is 26.0 Å². The van der Waals surface area contributed by atoms with Gasteiger partial charge in [0, 0.05) is 0 Å². The zero-order valence-corrected chi connectivity index (χ0v) is 10.4. The number of rotatable bonds is 6. The summed E-state index contributed by atoms with van der Waals surface area (Å²) in [7, 11) is 0. The fourth-order valence-corrected chi connectivity index (χ4v) is 1.37. The zero-order valence-electron chi connectivity index (χ0n) is 8.82. The average Bonchev–Trinajstić information content (AvgIpc) is 2.54. The largest absolute Gasteiger partial charge is 1.00 e. The van der Waals surface area contributed by atoms with Crippen molar-refractivity contribution in [2.24, 2.45) is 0 Å². The Morgan fingerprint density at radius 2 is 2.21 bits per heavy atom. The van der Waals surface area contributed by atoms with Crippen molar-refractivity contribution in [2.45, 2.75) is 39.3 Å². The Morgan fingerprint density at radius 3 is 2.86 bits per heavy atom. The molecule has 0 saturated carbocycles. The molecule has 0 amide bonds. The molecule has 0 aromatic carbocycles. The Kier molecular flexibility index (Phi) is 7.48. The first-order chi connectivity index (χ1) is 6.36. The summed E-state index contributed by atoms with van der Waals surface area (Å²) in [6, 6.07) is 0. The zero-order chi connectivity index (χ0) is 9.52. The molecule has 0 radical (unpaired) electrons. The first-order valence-corrected chi connectivity index (χ1v) is 5.02. The lowest BCUT2D eigenvalue weighted by atomic mass is 10.2. The fraction of sp³-hybridized carbons (Fsp3) is 0.545. The summed E-state index contributed by atoms with van der Waals surface area (Å²) in [5.74, 6) is 0. The third-order valence-electron chi connectivity index (χ3n) is 2.11. The van der Waals surface area contributed by atoms with Crippen LogP contribution in [0.2, 0.25) is 0 Å². The summed E-state index contributed by atoms with van der Waals surface area (Å²) in [6.45, 7) is 7.98. The topological polar surface area (TPSA) is 8.81 Å². The molecule has 1 rings (SSSR count). The minimum atomic E-state index is 0. The van der Waals surface area contributed by atoms with Crippen molar-refractivity contribution in [3.63, 3.8) is 0 Å². The van der Waals surface area contributed by atoms with E-state index in [1.54, 1.807) is 0 Å². The molecule has 2 nitrogen and oxygen atoms in total. The predicted octanol–water partition coefficient (Wildman–Crippen LogP) is -0.844. The third kappa shape index (κ3) is 4.61. The minimum absolute atomic E-state index is 0. The second-order valence-corrected chi connectivity index (χ2v) is 3.34. The molecule has 0 aliphatic rings. The van der Waals surface area contributed by atoms with Crippen LogP contribution in [-0.2, 0) is 13.1 Å². The van der Waals surface area contributed by atoms with Crippen molar-refractivity contribution in [3.05, 3.63) is 31.4 Å². The van der Waals surface area contributed by atoms with Crippen LogP contribution in [0, 0.1) is 0 Å². The molecule has 1 heterocycles. The molecule has 1 aromatic rings. The molecule has 0 bridgehead atoms. The van der Waals surface area contributed by atoms with E-state index in [2.05, 4.69) is 41.4 Å². The Hall–Kier alpha value is -0.570. The molecule has 0 N–H and O–H groups in total. The number of hydrogen-bond acceptors (Lipinski definition) is 0. The monoisotopic (exact) mass is 258 g/mol. The van der Waals surface area contributed by atoms with E-state index in [1.165, 1.54) is 19.3 Å². The molecule has 0 aliphatic heterocycles. The van der Waals surface area contributed by atoms with Gasteiger partial charge in [-0.2, -0.15) is 0 Å². The van der Waals surface area contributed by atoms with Crippen molar-refractivity contribution in [2.75, 3.05) is 0 Å². The third-order valence-corrected chi connectivity index (χ3v) is 2.11. The molecule has 3 heteroatoms. The lowest BCUT2D eigenvalue weighted by molar-refractivity contribution is -0.696. The summed E-state index contributed by atoms with van der Waals surface area (Å²) >= 11 is 0. The second-order valence-electron chi connectivity index (χ2n) is 3.34. The maximum atomic E-state index is 3.71. The first-order valence-electron chi connectivity index (χ1n) is 5.02. The molecule has 0 fully saturated rings. The number of halogens is 1. The van der Waals surface area contributed by atoms with Crippen molar-refractivity contribution < 1.29 is 21.5 Å². The first kappa shape index (κ1) is 13.4. The van der Waals surface area contributed by atoms with E-state index in [1.807, 2.05) is 6.08 Å². The van der Waals surface area contributed by atoms with Crippen LogP contribution in [0.1, 0.15) is 26.2 Å². The van der Waals surface area contributed by atoms with Crippen LogP contribution >= 0.6 is 0 Å². The second kappa shape index (κ2) is 7.80. The van der Waals surface area contributed by atoms with Gasteiger partial charge in [0.1, 0.15) is 18.9 Å². The SMILES string of the molecule is C=CCn1cc[n+](CCCCC)c1.[Br-]. The van der Waals surface area contributed by atoms with Crippen LogP contribution in [-0.4, -0.2) is 4.57 Å². The number of aryl methyl sites for hydroxylation is 1. The summed E-state index contributed by atoms with van der Waals surface area (Å²) in [5.41, 5.74) is 0. The molecule has 80 valence electrons. The number of nitrogens with zero attached hydrogens (tertiary/aromatic N) is 2. The number of allylic oxidation sites excluding steroid dienone is 1. The van der Waals surface area contributed by atoms with Gasteiger partial charge in [0.2, 0.25) is 6.33 Å². The van der Waals surface area contributed by atoms with Gasteiger partial charge in [-0.05, 0) is 12.8 Å². The van der Waals surface area contributed by atoms with Gasteiger partial charge < -0.3 is 17.0 Å². The highest BCUT2D eigenvalue weighted by molar-refractivity contribution is 4.73. The Labute approximate surface area is 97.0 Å². The van der Waals surface area contributed by atoms with Crippen LogP contribution in [0.5, 0.6) is 0 Å². The van der Waals surface area contributed by atoms with Crippen molar-refractivity contribution in [1.29, 1.82) is 0 Å². The van der Waals surface area contributed by atoms with E-state index in [-0.39, 0.29) is 17.0 Å². The Balaban J connectivity index is 0.00000169. The summed E-state index contributed by atoms with van der Waals surface area (Å²) in [6.07, 6.45) is 12.1. The average molecular weight is 259 g/mol. The molecule has 0 saturated heterocycles. The van der Waals surface area contributed by atoms with E-state index in [4.69, 9.17) is 0 Å². The number of imidazole rings is 1. The van der Waals surface area contributed by atoms with E-state index in [0.717, 1.165) is 13.1 Å².